The molecule has 1 fully saturated rings. The van der Waals surface area contributed by atoms with Crippen LogP contribution >= 0.6 is 0 Å². The van der Waals surface area contributed by atoms with E-state index in [1.54, 1.807) is 4.90 Å². The lowest BCUT2D eigenvalue weighted by Gasteiger charge is -2.30. The SMILES string of the molecule is NCCC(=O)N1CCC(O[N+](=O)[O-])CC1.O=C(O)/C=C/C(=O)O. The Labute approximate surface area is 131 Å². The monoisotopic (exact) mass is 333 g/mol. The van der Waals surface area contributed by atoms with E-state index in [-0.39, 0.29) is 12.0 Å². The highest BCUT2D eigenvalue weighted by atomic mass is 17.0. The Bertz CT molecular complexity index is 441. The molecule has 0 saturated carbocycles. The molecule has 11 nitrogen and oxygen atoms in total. The van der Waals surface area contributed by atoms with Crippen molar-refractivity contribution in [1.82, 2.24) is 4.90 Å². The smallest absolute Gasteiger partial charge is 0.328 e. The molecule has 0 aromatic heterocycles. The van der Waals surface area contributed by atoms with Gasteiger partial charge in [0.15, 0.2) is 0 Å². The number of hydrogen-bond donors (Lipinski definition) is 3. The summed E-state index contributed by atoms with van der Waals surface area (Å²) in [5.74, 6) is -2.50. The largest absolute Gasteiger partial charge is 0.478 e. The van der Waals surface area contributed by atoms with Gasteiger partial charge in [0.05, 0.1) is 0 Å². The van der Waals surface area contributed by atoms with Gasteiger partial charge in [0.2, 0.25) is 5.91 Å². The lowest BCUT2D eigenvalue weighted by Crippen LogP contribution is -2.41. The van der Waals surface area contributed by atoms with Crippen LogP contribution in [-0.2, 0) is 19.2 Å². The van der Waals surface area contributed by atoms with Crippen molar-refractivity contribution >= 4 is 17.8 Å². The summed E-state index contributed by atoms with van der Waals surface area (Å²) < 4.78 is 0. The first kappa shape index (κ1) is 20.3. The first-order valence-corrected chi connectivity index (χ1v) is 6.69. The van der Waals surface area contributed by atoms with Crippen molar-refractivity contribution < 1.29 is 34.5 Å². The van der Waals surface area contributed by atoms with Crippen molar-refractivity contribution in [2.45, 2.75) is 25.4 Å². The molecule has 130 valence electrons. The topological polar surface area (TPSA) is 173 Å². The van der Waals surface area contributed by atoms with Gasteiger partial charge in [0.1, 0.15) is 6.10 Å². The second-order valence-electron chi connectivity index (χ2n) is 4.46. The van der Waals surface area contributed by atoms with Gasteiger partial charge in [-0.1, -0.05) is 0 Å². The standard InChI is InChI=1S/C8H15N3O4.C4H4O4/c9-4-1-8(12)10-5-2-7(3-6-10)15-11(13)14;5-3(6)1-2-4(7)8/h7H,1-6,9H2;1-2H,(H,5,6)(H,7,8)/b;2-1+. The van der Waals surface area contributed by atoms with Crippen molar-refractivity contribution in [3.05, 3.63) is 22.3 Å². The predicted octanol–water partition coefficient (Wildman–Crippen LogP) is -0.754. The molecule has 1 heterocycles. The summed E-state index contributed by atoms with van der Waals surface area (Å²) >= 11 is 0. The first-order valence-electron chi connectivity index (χ1n) is 6.69. The van der Waals surface area contributed by atoms with Gasteiger partial charge in [-0.25, -0.2) is 9.59 Å². The molecule has 0 spiro atoms. The highest BCUT2D eigenvalue weighted by Crippen LogP contribution is 2.14. The van der Waals surface area contributed by atoms with Crippen molar-refractivity contribution in [1.29, 1.82) is 0 Å². The van der Waals surface area contributed by atoms with E-state index in [4.69, 9.17) is 15.9 Å². The van der Waals surface area contributed by atoms with Crippen LogP contribution in [0.5, 0.6) is 0 Å². The van der Waals surface area contributed by atoms with Gasteiger partial charge in [-0.3, -0.25) is 4.79 Å². The molecule has 0 bridgehead atoms. The third-order valence-electron chi connectivity index (χ3n) is 2.76. The molecular weight excluding hydrogens is 314 g/mol. The minimum Gasteiger partial charge on any atom is -0.478 e. The third-order valence-corrected chi connectivity index (χ3v) is 2.76. The van der Waals surface area contributed by atoms with Crippen LogP contribution in [0.25, 0.3) is 0 Å². The number of carboxylic acids is 2. The average molecular weight is 333 g/mol. The number of rotatable bonds is 6. The van der Waals surface area contributed by atoms with Crippen LogP contribution in [0.2, 0.25) is 0 Å². The summed E-state index contributed by atoms with van der Waals surface area (Å²) in [7, 11) is 0. The van der Waals surface area contributed by atoms with Gasteiger partial charge >= 0.3 is 11.9 Å². The Balaban J connectivity index is 0.000000515. The molecule has 1 aliphatic rings. The Hall–Kier alpha value is -2.69. The quantitative estimate of drug-likeness (QED) is 0.321. The van der Waals surface area contributed by atoms with E-state index in [9.17, 15) is 24.5 Å². The second kappa shape index (κ2) is 11.0. The number of nitrogens with zero attached hydrogens (tertiary/aromatic N) is 2. The van der Waals surface area contributed by atoms with E-state index in [0.717, 1.165) is 0 Å². The zero-order valence-electron chi connectivity index (χ0n) is 12.3. The van der Waals surface area contributed by atoms with Gasteiger partial charge in [0, 0.05) is 38.2 Å². The number of carbonyl (C=O) groups is 3. The number of carboxylic acid groups (broad SMARTS) is 2. The third kappa shape index (κ3) is 10.6. The van der Waals surface area contributed by atoms with Crippen LogP contribution in [0, 0.1) is 10.1 Å². The summed E-state index contributed by atoms with van der Waals surface area (Å²) in [5, 5.41) is 24.9. The summed E-state index contributed by atoms with van der Waals surface area (Å²) in [4.78, 5) is 46.7. The normalized spacial score (nSPS) is 14.7. The summed E-state index contributed by atoms with van der Waals surface area (Å²) in [6.07, 6.45) is 2.10. The number of amides is 1. The van der Waals surface area contributed by atoms with E-state index in [1.807, 2.05) is 0 Å². The van der Waals surface area contributed by atoms with Crippen molar-refractivity contribution in [3.8, 4) is 0 Å². The molecule has 11 heteroatoms. The number of likely N-dealkylation sites (tertiary alicyclic amines) is 1. The van der Waals surface area contributed by atoms with Crippen LogP contribution in [0.3, 0.4) is 0 Å². The van der Waals surface area contributed by atoms with Gasteiger partial charge in [0.25, 0.3) is 5.09 Å². The van der Waals surface area contributed by atoms with Crippen molar-refractivity contribution in [2.75, 3.05) is 19.6 Å². The Morgan fingerprint density at radius 3 is 2.04 bits per heavy atom. The fourth-order valence-electron chi connectivity index (χ4n) is 1.76. The van der Waals surface area contributed by atoms with Crippen molar-refractivity contribution in [3.63, 3.8) is 0 Å². The molecule has 23 heavy (non-hydrogen) atoms. The Morgan fingerprint density at radius 2 is 1.70 bits per heavy atom. The maximum atomic E-state index is 11.4. The molecule has 1 saturated heterocycles. The zero-order valence-corrected chi connectivity index (χ0v) is 12.3. The molecule has 0 unspecified atom stereocenters. The van der Waals surface area contributed by atoms with Crippen LogP contribution in [0.4, 0.5) is 0 Å². The number of nitrogens with two attached hydrogens (primary N) is 1. The molecule has 0 aliphatic carbocycles. The van der Waals surface area contributed by atoms with Crippen LogP contribution in [0.15, 0.2) is 12.2 Å². The molecule has 1 aliphatic heterocycles. The van der Waals surface area contributed by atoms with Gasteiger partial charge < -0.3 is 25.7 Å². The number of piperidine rings is 1. The number of carbonyl (C=O) groups excluding carboxylic acids is 1. The lowest BCUT2D eigenvalue weighted by molar-refractivity contribution is -0.769. The fourth-order valence-corrected chi connectivity index (χ4v) is 1.76. The van der Waals surface area contributed by atoms with Crippen LogP contribution in [-0.4, -0.2) is 63.8 Å². The van der Waals surface area contributed by atoms with Gasteiger partial charge in [-0.05, 0) is 12.8 Å². The first-order chi connectivity index (χ1) is 10.8. The summed E-state index contributed by atoms with van der Waals surface area (Å²) in [6.45, 7) is 1.36. The maximum Gasteiger partial charge on any atom is 0.328 e. The predicted molar refractivity (Wildman–Crippen MR) is 75.8 cm³/mol. The van der Waals surface area contributed by atoms with E-state index in [1.165, 1.54) is 0 Å². The fraction of sp³-hybridized carbons (Fsp3) is 0.583. The van der Waals surface area contributed by atoms with Gasteiger partial charge in [-0.2, -0.15) is 0 Å². The number of aliphatic carboxylic acids is 2. The molecule has 1 amide bonds. The Kier molecular flexibility index (Phi) is 9.67. The minimum atomic E-state index is -1.26. The van der Waals surface area contributed by atoms with Crippen LogP contribution in [0.1, 0.15) is 19.3 Å². The lowest BCUT2D eigenvalue weighted by atomic mass is 10.1. The zero-order chi connectivity index (χ0) is 17.8. The van der Waals surface area contributed by atoms with E-state index >= 15 is 0 Å². The second-order valence-corrected chi connectivity index (χ2v) is 4.46. The highest BCUT2D eigenvalue weighted by Gasteiger charge is 2.24. The van der Waals surface area contributed by atoms with Gasteiger partial charge in [-0.15, -0.1) is 10.1 Å². The summed E-state index contributed by atoms with van der Waals surface area (Å²) in [6, 6.07) is 0. The molecule has 4 N–H and O–H groups in total. The number of hydrogen-bond acceptors (Lipinski definition) is 7. The molecule has 1 rings (SSSR count). The molecule has 0 aromatic rings. The average Bonchev–Trinajstić information content (AvgIpc) is 2.46. The molecule has 0 aromatic carbocycles. The molecule has 0 radical (unpaired) electrons. The summed E-state index contributed by atoms with van der Waals surface area (Å²) in [5.41, 5.74) is 5.27. The minimum absolute atomic E-state index is 0.0112. The van der Waals surface area contributed by atoms with Crippen molar-refractivity contribution in [2.24, 2.45) is 5.73 Å². The van der Waals surface area contributed by atoms with E-state index in [2.05, 4.69) is 4.84 Å². The van der Waals surface area contributed by atoms with E-state index < -0.39 is 17.0 Å². The maximum absolute atomic E-state index is 11.4. The van der Waals surface area contributed by atoms with Crippen LogP contribution < -0.4 is 5.73 Å². The Morgan fingerprint density at radius 1 is 1.22 bits per heavy atom. The molecular formula is C12H19N3O8. The highest BCUT2D eigenvalue weighted by molar-refractivity contribution is 5.89. The van der Waals surface area contributed by atoms with E-state index in [0.29, 0.717) is 51.0 Å². The molecule has 0 atom stereocenters.